The van der Waals surface area contributed by atoms with Crippen molar-refractivity contribution in [3.05, 3.63) is 28.2 Å². The molecule has 0 bridgehead atoms. The second-order valence-electron chi connectivity index (χ2n) is 4.15. The molecule has 4 nitrogen and oxygen atoms in total. The Kier molecular flexibility index (Phi) is 4.71. The summed E-state index contributed by atoms with van der Waals surface area (Å²) < 4.78 is 27.8. The van der Waals surface area contributed by atoms with E-state index < -0.39 is 10.0 Å². The number of thioether (sulfide) groups is 1. The van der Waals surface area contributed by atoms with Gasteiger partial charge in [-0.05, 0) is 45.8 Å². The minimum absolute atomic E-state index is 0.0427. The van der Waals surface area contributed by atoms with Crippen LogP contribution in [-0.4, -0.2) is 26.0 Å². The monoisotopic (exact) mass is 350 g/mol. The van der Waals surface area contributed by atoms with Crippen molar-refractivity contribution < 1.29 is 8.42 Å². The summed E-state index contributed by atoms with van der Waals surface area (Å²) in [6.45, 7) is 0.394. The molecule has 2 rings (SSSR count). The predicted octanol–water partition coefficient (Wildman–Crippen LogP) is 1.69. The van der Waals surface area contributed by atoms with Crippen molar-refractivity contribution in [2.45, 2.75) is 23.9 Å². The summed E-state index contributed by atoms with van der Waals surface area (Å²) in [5.74, 6) is 1.86. The zero-order chi connectivity index (χ0) is 13.2. The Morgan fingerprint density at radius 3 is 2.83 bits per heavy atom. The molecule has 7 heteroatoms. The molecule has 1 aromatic rings. The van der Waals surface area contributed by atoms with Gasteiger partial charge in [0.1, 0.15) is 0 Å². The highest BCUT2D eigenvalue weighted by atomic mass is 79.9. The average Bonchev–Trinajstić information content (AvgIpc) is 2.80. The number of nitrogens with one attached hydrogen (secondary N) is 1. The highest BCUT2D eigenvalue weighted by Crippen LogP contribution is 2.25. The maximum Gasteiger partial charge on any atom is 0.241 e. The van der Waals surface area contributed by atoms with E-state index in [0.29, 0.717) is 11.0 Å². The lowest BCUT2D eigenvalue weighted by atomic mass is 10.2. The van der Waals surface area contributed by atoms with Gasteiger partial charge in [-0.15, -0.1) is 0 Å². The first kappa shape index (κ1) is 14.3. The fourth-order valence-corrected chi connectivity index (χ4v) is 5.45. The maximum absolute atomic E-state index is 12.2. The minimum atomic E-state index is -3.45. The molecule has 0 radical (unpaired) electrons. The van der Waals surface area contributed by atoms with Crippen LogP contribution in [0, 0.1) is 0 Å². The van der Waals surface area contributed by atoms with Crippen LogP contribution in [0.2, 0.25) is 0 Å². The predicted molar refractivity (Wildman–Crippen MR) is 78.1 cm³/mol. The van der Waals surface area contributed by atoms with Gasteiger partial charge in [0.05, 0.1) is 4.90 Å². The van der Waals surface area contributed by atoms with Crippen molar-refractivity contribution in [1.29, 1.82) is 0 Å². The average molecular weight is 351 g/mol. The Labute approximate surface area is 120 Å². The van der Waals surface area contributed by atoms with E-state index in [9.17, 15) is 8.42 Å². The fourth-order valence-electron chi connectivity index (χ4n) is 1.80. The summed E-state index contributed by atoms with van der Waals surface area (Å²) in [4.78, 5) is 0.275. The van der Waals surface area contributed by atoms with Gasteiger partial charge in [0.25, 0.3) is 0 Å². The first-order chi connectivity index (χ1) is 8.53. The Balaban J connectivity index is 2.23. The molecule has 1 aliphatic rings. The molecule has 1 aromatic carbocycles. The lowest BCUT2D eigenvalue weighted by molar-refractivity contribution is 0.562. The first-order valence-corrected chi connectivity index (χ1v) is 9.04. The molecule has 1 unspecified atom stereocenters. The van der Waals surface area contributed by atoms with Crippen LogP contribution in [0.3, 0.4) is 0 Å². The van der Waals surface area contributed by atoms with Gasteiger partial charge in [0.15, 0.2) is 0 Å². The maximum atomic E-state index is 12.2. The normalized spacial score (nSPS) is 20.2. The number of rotatable bonds is 4. The standard InChI is InChI=1S/C11H15BrN2O2S2/c12-10-5-8(6-13)1-2-11(10)18(15,16)14-9-3-4-17-7-9/h1-2,5,9,14H,3-4,6-7,13H2. The fraction of sp³-hybridized carbons (Fsp3) is 0.455. The van der Waals surface area contributed by atoms with E-state index in [2.05, 4.69) is 20.7 Å². The summed E-state index contributed by atoms with van der Waals surface area (Å²) >= 11 is 5.07. The summed E-state index contributed by atoms with van der Waals surface area (Å²) in [6.07, 6.45) is 0.891. The number of sulfonamides is 1. The zero-order valence-corrected chi connectivity index (χ0v) is 12.9. The van der Waals surface area contributed by atoms with E-state index in [0.717, 1.165) is 23.5 Å². The van der Waals surface area contributed by atoms with Crippen LogP contribution < -0.4 is 10.5 Å². The smallest absolute Gasteiger partial charge is 0.241 e. The van der Waals surface area contributed by atoms with Gasteiger partial charge in [0.2, 0.25) is 10.0 Å². The number of hydrogen-bond donors (Lipinski definition) is 2. The van der Waals surface area contributed by atoms with Crippen molar-refractivity contribution in [2.75, 3.05) is 11.5 Å². The van der Waals surface area contributed by atoms with Gasteiger partial charge >= 0.3 is 0 Å². The molecule has 1 atom stereocenters. The molecule has 1 heterocycles. The number of halogens is 1. The van der Waals surface area contributed by atoms with Crippen molar-refractivity contribution >= 4 is 37.7 Å². The first-order valence-electron chi connectivity index (χ1n) is 5.61. The van der Waals surface area contributed by atoms with Crippen LogP contribution in [0.25, 0.3) is 0 Å². The summed E-state index contributed by atoms with van der Waals surface area (Å²) in [5.41, 5.74) is 6.42. The Morgan fingerprint density at radius 2 is 2.28 bits per heavy atom. The molecule has 0 aliphatic carbocycles. The third-order valence-corrected chi connectivity index (χ3v) is 6.43. The Bertz CT molecular complexity index is 528. The summed E-state index contributed by atoms with van der Waals surface area (Å²) in [5, 5.41) is 0. The van der Waals surface area contributed by atoms with E-state index in [1.54, 1.807) is 30.0 Å². The largest absolute Gasteiger partial charge is 0.326 e. The third kappa shape index (κ3) is 3.27. The van der Waals surface area contributed by atoms with Crippen LogP contribution in [0.4, 0.5) is 0 Å². The van der Waals surface area contributed by atoms with E-state index >= 15 is 0 Å². The lowest BCUT2D eigenvalue weighted by Crippen LogP contribution is -2.34. The SMILES string of the molecule is NCc1ccc(S(=O)(=O)NC2CCSC2)c(Br)c1. The van der Waals surface area contributed by atoms with Gasteiger partial charge in [0, 0.05) is 22.8 Å². The molecule has 100 valence electrons. The highest BCUT2D eigenvalue weighted by molar-refractivity contribution is 9.10. The molecule has 0 aromatic heterocycles. The van der Waals surface area contributed by atoms with Crippen LogP contribution in [0.15, 0.2) is 27.6 Å². The van der Waals surface area contributed by atoms with Crippen LogP contribution in [-0.2, 0) is 16.6 Å². The van der Waals surface area contributed by atoms with E-state index in [1.807, 2.05) is 0 Å². The highest BCUT2D eigenvalue weighted by Gasteiger charge is 2.24. The second kappa shape index (κ2) is 5.92. The van der Waals surface area contributed by atoms with E-state index in [1.165, 1.54) is 0 Å². The second-order valence-corrected chi connectivity index (χ2v) is 7.84. The van der Waals surface area contributed by atoms with Crippen molar-refractivity contribution in [2.24, 2.45) is 5.73 Å². The molecule has 1 saturated heterocycles. The van der Waals surface area contributed by atoms with Crippen LogP contribution in [0.1, 0.15) is 12.0 Å². The number of benzene rings is 1. The van der Waals surface area contributed by atoms with Crippen LogP contribution in [0.5, 0.6) is 0 Å². The molecule has 0 amide bonds. The number of nitrogens with two attached hydrogens (primary N) is 1. The van der Waals surface area contributed by atoms with Crippen molar-refractivity contribution in [1.82, 2.24) is 4.72 Å². The van der Waals surface area contributed by atoms with Gasteiger partial charge < -0.3 is 5.73 Å². The van der Waals surface area contributed by atoms with Crippen LogP contribution >= 0.6 is 27.7 Å². The molecular weight excluding hydrogens is 336 g/mol. The van der Waals surface area contributed by atoms with Gasteiger partial charge in [-0.2, -0.15) is 11.8 Å². The van der Waals surface area contributed by atoms with Gasteiger partial charge in [-0.1, -0.05) is 6.07 Å². The molecule has 0 spiro atoms. The molecule has 18 heavy (non-hydrogen) atoms. The van der Waals surface area contributed by atoms with Gasteiger partial charge in [-0.25, -0.2) is 13.1 Å². The molecule has 0 saturated carbocycles. The molecule has 3 N–H and O–H groups in total. The number of hydrogen-bond acceptors (Lipinski definition) is 4. The lowest BCUT2D eigenvalue weighted by Gasteiger charge is -2.13. The Morgan fingerprint density at radius 1 is 1.50 bits per heavy atom. The Hall–Kier alpha value is -0.0800. The summed E-state index contributed by atoms with van der Waals surface area (Å²) in [6, 6.07) is 5.12. The zero-order valence-electron chi connectivity index (χ0n) is 9.73. The summed E-state index contributed by atoms with van der Waals surface area (Å²) in [7, 11) is -3.45. The topological polar surface area (TPSA) is 72.2 Å². The van der Waals surface area contributed by atoms with E-state index in [-0.39, 0.29) is 10.9 Å². The van der Waals surface area contributed by atoms with Crippen molar-refractivity contribution in [3.63, 3.8) is 0 Å². The molecule has 1 fully saturated rings. The third-order valence-electron chi connectivity index (χ3n) is 2.77. The minimum Gasteiger partial charge on any atom is -0.326 e. The quantitative estimate of drug-likeness (QED) is 0.866. The molecule has 1 aliphatic heterocycles. The van der Waals surface area contributed by atoms with E-state index in [4.69, 9.17) is 5.73 Å². The van der Waals surface area contributed by atoms with Gasteiger partial charge in [-0.3, -0.25) is 0 Å². The van der Waals surface area contributed by atoms with Crippen molar-refractivity contribution in [3.8, 4) is 0 Å². The molecular formula is C11H15BrN2O2S2.